The minimum atomic E-state index is -0.304. The molecule has 0 fully saturated rings. The van der Waals surface area contributed by atoms with E-state index in [0.29, 0.717) is 6.61 Å². The summed E-state index contributed by atoms with van der Waals surface area (Å²) in [5.41, 5.74) is 2.27. The van der Waals surface area contributed by atoms with Gasteiger partial charge in [0.25, 0.3) is 0 Å². The number of carbonyl (C=O) groups is 1. The van der Waals surface area contributed by atoms with E-state index in [0.717, 1.165) is 10.9 Å². The van der Waals surface area contributed by atoms with Crippen LogP contribution in [0.25, 0.3) is 16.8 Å². The van der Waals surface area contributed by atoms with Crippen LogP contribution in [-0.4, -0.2) is 12.6 Å². The van der Waals surface area contributed by atoms with Gasteiger partial charge in [-0.15, -0.1) is 0 Å². The molecule has 2 aromatic rings. The fourth-order valence-electron chi connectivity index (χ4n) is 1.97. The highest BCUT2D eigenvalue weighted by Gasteiger charge is 2.01. The van der Waals surface area contributed by atoms with Gasteiger partial charge < -0.3 is 4.74 Å². The van der Waals surface area contributed by atoms with Gasteiger partial charge in [-0.1, -0.05) is 36.4 Å². The van der Waals surface area contributed by atoms with Gasteiger partial charge in [-0.3, -0.25) is 0 Å². The van der Waals surface area contributed by atoms with Gasteiger partial charge in [0.1, 0.15) is 0 Å². The van der Waals surface area contributed by atoms with Crippen molar-refractivity contribution in [2.45, 2.75) is 13.8 Å². The van der Waals surface area contributed by atoms with Crippen LogP contribution in [0.15, 0.2) is 42.5 Å². The lowest BCUT2D eigenvalue weighted by atomic mass is 10.00. The second kappa shape index (κ2) is 5.50. The fourth-order valence-corrected chi connectivity index (χ4v) is 1.97. The zero-order valence-electron chi connectivity index (χ0n) is 10.6. The summed E-state index contributed by atoms with van der Waals surface area (Å²) in [6.07, 6.45) is 3.28. The van der Waals surface area contributed by atoms with Crippen LogP contribution in [0.5, 0.6) is 0 Å². The number of benzene rings is 2. The first-order valence-electron chi connectivity index (χ1n) is 6.05. The van der Waals surface area contributed by atoms with E-state index in [1.54, 1.807) is 13.0 Å². The minimum absolute atomic E-state index is 0.304. The highest BCUT2D eigenvalue weighted by Crippen LogP contribution is 2.23. The summed E-state index contributed by atoms with van der Waals surface area (Å²) < 4.78 is 4.87. The predicted molar refractivity (Wildman–Crippen MR) is 74.4 cm³/mol. The average Bonchev–Trinajstić information content (AvgIpc) is 2.39. The Labute approximate surface area is 107 Å². The Morgan fingerprint density at radius 2 is 1.89 bits per heavy atom. The highest BCUT2D eigenvalue weighted by atomic mass is 16.5. The maximum Gasteiger partial charge on any atom is 0.330 e. The van der Waals surface area contributed by atoms with Crippen molar-refractivity contribution in [3.63, 3.8) is 0 Å². The maximum absolute atomic E-state index is 11.3. The summed E-state index contributed by atoms with van der Waals surface area (Å²) in [6.45, 7) is 4.28. The van der Waals surface area contributed by atoms with Crippen molar-refractivity contribution >= 4 is 22.8 Å². The Morgan fingerprint density at radius 3 is 2.61 bits per heavy atom. The second-order valence-electron chi connectivity index (χ2n) is 4.10. The van der Waals surface area contributed by atoms with Crippen molar-refractivity contribution < 1.29 is 9.53 Å². The Balaban J connectivity index is 2.40. The molecule has 2 rings (SSSR count). The molecule has 0 unspecified atom stereocenters. The average molecular weight is 240 g/mol. The molecule has 0 amide bonds. The molecule has 0 spiro atoms. The largest absolute Gasteiger partial charge is 0.463 e. The molecule has 18 heavy (non-hydrogen) atoms. The summed E-state index contributed by atoms with van der Waals surface area (Å²) in [6, 6.07) is 12.3. The van der Waals surface area contributed by atoms with Crippen LogP contribution in [0.3, 0.4) is 0 Å². The van der Waals surface area contributed by atoms with Gasteiger partial charge in [-0.25, -0.2) is 4.79 Å². The lowest BCUT2D eigenvalue weighted by Gasteiger charge is -2.05. The van der Waals surface area contributed by atoms with Crippen LogP contribution < -0.4 is 0 Å². The summed E-state index contributed by atoms with van der Waals surface area (Å²) in [7, 11) is 0. The summed E-state index contributed by atoms with van der Waals surface area (Å²) in [5.74, 6) is -0.304. The monoisotopic (exact) mass is 240 g/mol. The van der Waals surface area contributed by atoms with Gasteiger partial charge in [-0.05, 0) is 41.8 Å². The van der Waals surface area contributed by atoms with Crippen LogP contribution in [0, 0.1) is 6.92 Å². The fraction of sp³-hybridized carbons (Fsp3) is 0.188. The SMILES string of the molecule is CCOC(=O)C=Cc1ccc(C)c2ccccc12. The number of esters is 1. The molecule has 0 bridgehead atoms. The Kier molecular flexibility index (Phi) is 3.78. The first-order valence-corrected chi connectivity index (χ1v) is 6.05. The van der Waals surface area contributed by atoms with E-state index in [1.165, 1.54) is 17.0 Å². The van der Waals surface area contributed by atoms with Crippen molar-refractivity contribution in [2.75, 3.05) is 6.61 Å². The highest BCUT2D eigenvalue weighted by molar-refractivity contribution is 5.96. The maximum atomic E-state index is 11.3. The van der Waals surface area contributed by atoms with E-state index < -0.39 is 0 Å². The van der Waals surface area contributed by atoms with Gasteiger partial charge in [0, 0.05) is 6.08 Å². The Hall–Kier alpha value is -2.09. The molecule has 0 aliphatic carbocycles. The van der Waals surface area contributed by atoms with E-state index in [4.69, 9.17) is 4.74 Å². The number of ether oxygens (including phenoxy) is 1. The summed E-state index contributed by atoms with van der Waals surface area (Å²) in [5, 5.41) is 2.36. The predicted octanol–water partition coefficient (Wildman–Crippen LogP) is 3.72. The van der Waals surface area contributed by atoms with Crippen molar-refractivity contribution in [2.24, 2.45) is 0 Å². The van der Waals surface area contributed by atoms with Crippen LogP contribution >= 0.6 is 0 Å². The molecular weight excluding hydrogens is 224 g/mol. The van der Waals surface area contributed by atoms with E-state index >= 15 is 0 Å². The molecule has 2 aromatic carbocycles. The number of rotatable bonds is 3. The van der Waals surface area contributed by atoms with Gasteiger partial charge >= 0.3 is 5.97 Å². The van der Waals surface area contributed by atoms with E-state index in [9.17, 15) is 4.79 Å². The van der Waals surface area contributed by atoms with Crippen LogP contribution in [0.1, 0.15) is 18.1 Å². The molecule has 2 nitrogen and oxygen atoms in total. The first-order chi connectivity index (χ1) is 8.72. The molecule has 92 valence electrons. The zero-order valence-corrected chi connectivity index (χ0v) is 10.6. The molecule has 0 aliphatic rings. The molecule has 0 atom stereocenters. The number of hydrogen-bond acceptors (Lipinski definition) is 2. The normalized spacial score (nSPS) is 11.0. The standard InChI is InChI=1S/C16H16O2/c1-3-18-16(17)11-10-13-9-8-12(2)14-6-4-5-7-15(13)14/h4-11H,3H2,1-2H3. The first kappa shape index (κ1) is 12.4. The van der Waals surface area contributed by atoms with Gasteiger partial charge in [0.2, 0.25) is 0 Å². The van der Waals surface area contributed by atoms with Gasteiger partial charge in [0.15, 0.2) is 0 Å². The molecule has 0 saturated heterocycles. The van der Waals surface area contributed by atoms with Gasteiger partial charge in [-0.2, -0.15) is 0 Å². The number of fused-ring (bicyclic) bond motifs is 1. The molecule has 0 aromatic heterocycles. The zero-order chi connectivity index (χ0) is 13.0. The van der Waals surface area contributed by atoms with Crippen LogP contribution in [-0.2, 0) is 9.53 Å². The van der Waals surface area contributed by atoms with E-state index in [-0.39, 0.29) is 5.97 Å². The third-order valence-electron chi connectivity index (χ3n) is 2.86. The smallest absolute Gasteiger partial charge is 0.330 e. The Bertz CT molecular complexity index is 597. The topological polar surface area (TPSA) is 26.3 Å². The Morgan fingerprint density at radius 1 is 1.17 bits per heavy atom. The number of hydrogen-bond donors (Lipinski definition) is 0. The minimum Gasteiger partial charge on any atom is -0.463 e. The lowest BCUT2D eigenvalue weighted by molar-refractivity contribution is -0.137. The molecule has 0 aliphatic heterocycles. The quantitative estimate of drug-likeness (QED) is 0.603. The third kappa shape index (κ3) is 2.59. The second-order valence-corrected chi connectivity index (χ2v) is 4.10. The summed E-state index contributed by atoms with van der Waals surface area (Å²) >= 11 is 0. The molecule has 0 N–H and O–H groups in total. The molecule has 0 saturated carbocycles. The lowest BCUT2D eigenvalue weighted by Crippen LogP contribution is -1.98. The molecule has 0 heterocycles. The van der Waals surface area contributed by atoms with Crippen molar-refractivity contribution in [1.82, 2.24) is 0 Å². The van der Waals surface area contributed by atoms with Crippen LogP contribution in [0.2, 0.25) is 0 Å². The number of carbonyl (C=O) groups excluding carboxylic acids is 1. The molecular formula is C16H16O2. The number of aryl methyl sites for hydroxylation is 1. The third-order valence-corrected chi connectivity index (χ3v) is 2.86. The van der Waals surface area contributed by atoms with Crippen molar-refractivity contribution in [3.8, 4) is 0 Å². The van der Waals surface area contributed by atoms with E-state index in [2.05, 4.69) is 25.1 Å². The molecule has 2 heteroatoms. The summed E-state index contributed by atoms with van der Waals surface area (Å²) in [4.78, 5) is 11.3. The van der Waals surface area contributed by atoms with Crippen LogP contribution in [0.4, 0.5) is 0 Å². The van der Waals surface area contributed by atoms with Gasteiger partial charge in [0.05, 0.1) is 6.61 Å². The van der Waals surface area contributed by atoms with E-state index in [1.807, 2.05) is 18.2 Å². The van der Waals surface area contributed by atoms with Crippen molar-refractivity contribution in [1.29, 1.82) is 0 Å². The molecule has 0 radical (unpaired) electrons. The van der Waals surface area contributed by atoms with Crippen molar-refractivity contribution in [3.05, 3.63) is 53.6 Å².